The summed E-state index contributed by atoms with van der Waals surface area (Å²) >= 11 is 5.74. The summed E-state index contributed by atoms with van der Waals surface area (Å²) in [7, 11) is 0. The van der Waals surface area contributed by atoms with E-state index in [2.05, 4.69) is 5.10 Å². The summed E-state index contributed by atoms with van der Waals surface area (Å²) in [6, 6.07) is 4.76. The second-order valence-electron chi connectivity index (χ2n) is 3.53. The molecule has 0 aliphatic heterocycles. The molecule has 16 heavy (non-hydrogen) atoms. The van der Waals surface area contributed by atoms with E-state index in [0.717, 1.165) is 11.1 Å². The fourth-order valence-electron chi connectivity index (χ4n) is 1.54. The maximum atomic E-state index is 13.2. The fraction of sp³-hybridized carbons (Fsp3) is 0.182. The van der Waals surface area contributed by atoms with Crippen LogP contribution in [0, 0.1) is 5.82 Å². The molecule has 3 nitrogen and oxygen atoms in total. The molecule has 0 atom stereocenters. The summed E-state index contributed by atoms with van der Waals surface area (Å²) in [5.74, 6) is -0.281. The molecule has 84 valence electrons. The standard InChI is InChI=1S/C11H11ClFN3/c12-10-5-15-16(7-10)6-9-1-8(4-14)2-11(13)3-9/h1-3,5,7H,4,6,14H2. The molecule has 2 rings (SSSR count). The molecular weight excluding hydrogens is 229 g/mol. The number of aromatic nitrogens is 2. The van der Waals surface area contributed by atoms with Gasteiger partial charge in [-0.15, -0.1) is 0 Å². The molecule has 0 saturated carbocycles. The van der Waals surface area contributed by atoms with E-state index in [9.17, 15) is 4.39 Å². The summed E-state index contributed by atoms with van der Waals surface area (Å²) in [6.07, 6.45) is 3.24. The number of halogens is 2. The topological polar surface area (TPSA) is 43.8 Å². The SMILES string of the molecule is NCc1cc(F)cc(Cn2cc(Cl)cn2)c1. The van der Waals surface area contributed by atoms with E-state index in [1.54, 1.807) is 17.1 Å². The average molecular weight is 240 g/mol. The lowest BCUT2D eigenvalue weighted by atomic mass is 10.1. The molecule has 1 aromatic carbocycles. The van der Waals surface area contributed by atoms with E-state index >= 15 is 0 Å². The van der Waals surface area contributed by atoms with Gasteiger partial charge in [-0.25, -0.2) is 4.39 Å². The van der Waals surface area contributed by atoms with Gasteiger partial charge in [0.05, 0.1) is 17.8 Å². The van der Waals surface area contributed by atoms with Crippen LogP contribution in [0.15, 0.2) is 30.6 Å². The molecule has 1 heterocycles. The number of nitrogens with zero attached hydrogens (tertiary/aromatic N) is 2. The van der Waals surface area contributed by atoms with Crippen molar-refractivity contribution in [1.82, 2.24) is 9.78 Å². The van der Waals surface area contributed by atoms with E-state index in [1.807, 2.05) is 6.07 Å². The summed E-state index contributed by atoms with van der Waals surface area (Å²) in [5, 5.41) is 4.59. The summed E-state index contributed by atoms with van der Waals surface area (Å²) in [5.41, 5.74) is 7.07. The zero-order valence-electron chi connectivity index (χ0n) is 8.53. The Labute approximate surface area is 97.6 Å². The number of hydrogen-bond acceptors (Lipinski definition) is 2. The van der Waals surface area contributed by atoms with E-state index in [-0.39, 0.29) is 5.82 Å². The molecule has 2 N–H and O–H groups in total. The van der Waals surface area contributed by atoms with Gasteiger partial charge in [-0.05, 0) is 23.3 Å². The second-order valence-corrected chi connectivity index (χ2v) is 3.96. The maximum Gasteiger partial charge on any atom is 0.123 e. The molecule has 1 aromatic heterocycles. The van der Waals surface area contributed by atoms with Crippen LogP contribution in [0.25, 0.3) is 0 Å². The van der Waals surface area contributed by atoms with Crippen molar-refractivity contribution in [1.29, 1.82) is 0 Å². The first-order valence-corrected chi connectivity index (χ1v) is 5.21. The van der Waals surface area contributed by atoms with E-state index in [1.165, 1.54) is 12.1 Å². The molecular formula is C11H11ClFN3. The molecule has 0 unspecified atom stereocenters. The molecule has 0 aliphatic carbocycles. The van der Waals surface area contributed by atoms with Gasteiger partial charge in [0.25, 0.3) is 0 Å². The second kappa shape index (κ2) is 4.63. The van der Waals surface area contributed by atoms with E-state index in [0.29, 0.717) is 18.1 Å². The Morgan fingerprint density at radius 3 is 2.69 bits per heavy atom. The van der Waals surface area contributed by atoms with Gasteiger partial charge in [0, 0.05) is 12.7 Å². The van der Waals surface area contributed by atoms with Gasteiger partial charge in [0.1, 0.15) is 5.82 Å². The summed E-state index contributed by atoms with van der Waals surface area (Å²) in [4.78, 5) is 0. The van der Waals surface area contributed by atoms with Crippen LogP contribution in [0.1, 0.15) is 11.1 Å². The Morgan fingerprint density at radius 1 is 1.31 bits per heavy atom. The van der Waals surface area contributed by atoms with Crippen molar-refractivity contribution in [2.24, 2.45) is 5.73 Å². The maximum absolute atomic E-state index is 13.2. The summed E-state index contributed by atoms with van der Waals surface area (Å²) in [6.45, 7) is 0.808. The predicted octanol–water partition coefficient (Wildman–Crippen LogP) is 2.18. The predicted molar refractivity (Wildman–Crippen MR) is 60.6 cm³/mol. The van der Waals surface area contributed by atoms with Crippen LogP contribution >= 0.6 is 11.6 Å². The highest BCUT2D eigenvalue weighted by Gasteiger charge is 2.02. The van der Waals surface area contributed by atoms with Crippen molar-refractivity contribution in [2.75, 3.05) is 0 Å². The molecule has 0 bridgehead atoms. The number of nitrogens with two attached hydrogens (primary N) is 1. The summed E-state index contributed by atoms with van der Waals surface area (Å²) < 4.78 is 14.9. The van der Waals surface area contributed by atoms with Crippen molar-refractivity contribution in [3.05, 3.63) is 52.6 Å². The van der Waals surface area contributed by atoms with Crippen LogP contribution in [0.3, 0.4) is 0 Å². The van der Waals surface area contributed by atoms with Crippen molar-refractivity contribution >= 4 is 11.6 Å². The van der Waals surface area contributed by atoms with Crippen LogP contribution in [0.2, 0.25) is 5.02 Å². The van der Waals surface area contributed by atoms with Crippen molar-refractivity contribution in [3.8, 4) is 0 Å². The van der Waals surface area contributed by atoms with Crippen molar-refractivity contribution in [3.63, 3.8) is 0 Å². The zero-order chi connectivity index (χ0) is 11.5. The third-order valence-electron chi connectivity index (χ3n) is 2.20. The minimum atomic E-state index is -0.281. The molecule has 5 heteroatoms. The zero-order valence-corrected chi connectivity index (χ0v) is 9.28. The first kappa shape index (κ1) is 11.1. The Kier molecular flexibility index (Phi) is 3.22. The lowest BCUT2D eigenvalue weighted by Crippen LogP contribution is -2.03. The lowest BCUT2D eigenvalue weighted by Gasteiger charge is -2.04. The monoisotopic (exact) mass is 239 g/mol. The van der Waals surface area contributed by atoms with Crippen LogP contribution in [-0.4, -0.2) is 9.78 Å². The number of rotatable bonds is 3. The number of benzene rings is 1. The van der Waals surface area contributed by atoms with Gasteiger partial charge in [0.15, 0.2) is 0 Å². The Hall–Kier alpha value is -1.39. The highest BCUT2D eigenvalue weighted by atomic mass is 35.5. The third kappa shape index (κ3) is 2.59. The molecule has 0 saturated heterocycles. The Balaban J connectivity index is 2.24. The van der Waals surface area contributed by atoms with Gasteiger partial charge < -0.3 is 5.73 Å². The van der Waals surface area contributed by atoms with Crippen molar-refractivity contribution in [2.45, 2.75) is 13.1 Å². The van der Waals surface area contributed by atoms with Gasteiger partial charge in [0.2, 0.25) is 0 Å². The van der Waals surface area contributed by atoms with Gasteiger partial charge in [-0.3, -0.25) is 4.68 Å². The van der Waals surface area contributed by atoms with Crippen LogP contribution < -0.4 is 5.73 Å². The Morgan fingerprint density at radius 2 is 2.06 bits per heavy atom. The van der Waals surface area contributed by atoms with E-state index in [4.69, 9.17) is 17.3 Å². The highest BCUT2D eigenvalue weighted by molar-refractivity contribution is 6.30. The van der Waals surface area contributed by atoms with Gasteiger partial charge in [-0.2, -0.15) is 5.10 Å². The van der Waals surface area contributed by atoms with Crippen LogP contribution in [-0.2, 0) is 13.1 Å². The fourth-order valence-corrected chi connectivity index (χ4v) is 1.69. The van der Waals surface area contributed by atoms with Crippen LogP contribution in [0.4, 0.5) is 4.39 Å². The normalized spacial score (nSPS) is 10.7. The quantitative estimate of drug-likeness (QED) is 0.892. The molecule has 0 radical (unpaired) electrons. The molecule has 0 amide bonds. The first-order valence-electron chi connectivity index (χ1n) is 4.84. The molecule has 0 fully saturated rings. The lowest BCUT2D eigenvalue weighted by molar-refractivity contribution is 0.616. The smallest absolute Gasteiger partial charge is 0.123 e. The molecule has 2 aromatic rings. The molecule has 0 spiro atoms. The van der Waals surface area contributed by atoms with E-state index < -0.39 is 0 Å². The minimum Gasteiger partial charge on any atom is -0.326 e. The van der Waals surface area contributed by atoms with Crippen LogP contribution in [0.5, 0.6) is 0 Å². The molecule has 0 aliphatic rings. The third-order valence-corrected chi connectivity index (χ3v) is 2.39. The Bertz CT molecular complexity index is 496. The minimum absolute atomic E-state index is 0.281. The van der Waals surface area contributed by atoms with Gasteiger partial charge >= 0.3 is 0 Å². The number of hydrogen-bond donors (Lipinski definition) is 1. The largest absolute Gasteiger partial charge is 0.326 e. The highest BCUT2D eigenvalue weighted by Crippen LogP contribution is 2.12. The van der Waals surface area contributed by atoms with Crippen molar-refractivity contribution < 1.29 is 4.39 Å². The average Bonchev–Trinajstić information content (AvgIpc) is 2.63. The van der Waals surface area contributed by atoms with Gasteiger partial charge in [-0.1, -0.05) is 17.7 Å². The first-order chi connectivity index (χ1) is 7.67.